The minimum atomic E-state index is -0.462. The maximum Gasteiger partial charge on any atom is 0.329 e. The van der Waals surface area contributed by atoms with Crippen molar-refractivity contribution in [2.24, 2.45) is 12.1 Å². The van der Waals surface area contributed by atoms with Crippen LogP contribution >= 0.6 is 0 Å². The molecule has 1 aromatic heterocycles. The van der Waals surface area contributed by atoms with E-state index in [1.54, 1.807) is 17.3 Å². The summed E-state index contributed by atoms with van der Waals surface area (Å²) < 4.78 is 1.01. The van der Waals surface area contributed by atoms with Gasteiger partial charge in [0.15, 0.2) is 0 Å². The summed E-state index contributed by atoms with van der Waals surface area (Å²) in [4.78, 5) is 25.9. The van der Waals surface area contributed by atoms with Gasteiger partial charge in [0.25, 0.3) is 5.56 Å². The lowest BCUT2D eigenvalue weighted by Crippen LogP contribution is -2.34. The SMILES string of the molecule is CCN(/N=C\C=C\c1ccccc1)c1cc(=O)n(C)c(=O)[nH]1. The first-order chi connectivity index (χ1) is 10.6. The molecule has 2 aromatic rings. The van der Waals surface area contributed by atoms with Gasteiger partial charge in [-0.15, -0.1) is 0 Å². The summed E-state index contributed by atoms with van der Waals surface area (Å²) in [6.45, 7) is 2.41. The lowest BCUT2D eigenvalue weighted by molar-refractivity contribution is 0.756. The van der Waals surface area contributed by atoms with Crippen LogP contribution in [0.1, 0.15) is 12.5 Å². The number of hydrogen-bond acceptors (Lipinski definition) is 4. The van der Waals surface area contributed by atoms with E-state index in [-0.39, 0.29) is 5.56 Å². The zero-order chi connectivity index (χ0) is 15.9. The van der Waals surface area contributed by atoms with Crippen molar-refractivity contribution in [2.75, 3.05) is 11.6 Å². The number of hydrazone groups is 1. The Labute approximate surface area is 128 Å². The van der Waals surface area contributed by atoms with Crippen LogP contribution in [0.3, 0.4) is 0 Å². The van der Waals surface area contributed by atoms with Crippen molar-refractivity contribution < 1.29 is 0 Å². The van der Waals surface area contributed by atoms with E-state index in [0.717, 1.165) is 10.1 Å². The number of benzene rings is 1. The molecule has 0 aliphatic heterocycles. The number of allylic oxidation sites excluding steroid dienone is 1. The van der Waals surface area contributed by atoms with E-state index < -0.39 is 5.69 Å². The van der Waals surface area contributed by atoms with E-state index in [2.05, 4.69) is 10.1 Å². The van der Waals surface area contributed by atoms with Crippen LogP contribution in [0.4, 0.5) is 5.82 Å². The Morgan fingerprint density at radius 2 is 2.00 bits per heavy atom. The Balaban J connectivity index is 2.16. The maximum atomic E-state index is 11.6. The molecule has 0 aliphatic carbocycles. The van der Waals surface area contributed by atoms with Gasteiger partial charge in [-0.25, -0.2) is 9.80 Å². The molecule has 0 bridgehead atoms. The number of hydrogen-bond donors (Lipinski definition) is 1. The molecule has 0 aliphatic rings. The molecule has 0 spiro atoms. The van der Waals surface area contributed by atoms with Crippen LogP contribution in [0.25, 0.3) is 6.08 Å². The van der Waals surface area contributed by atoms with Crippen LogP contribution in [0.2, 0.25) is 0 Å². The molecule has 22 heavy (non-hydrogen) atoms. The molecule has 0 radical (unpaired) electrons. The van der Waals surface area contributed by atoms with Crippen LogP contribution in [0.15, 0.2) is 57.2 Å². The molecule has 1 aromatic carbocycles. The Morgan fingerprint density at radius 3 is 2.64 bits per heavy atom. The third-order valence-electron chi connectivity index (χ3n) is 3.09. The molecule has 114 valence electrons. The van der Waals surface area contributed by atoms with Gasteiger partial charge in [-0.3, -0.25) is 14.3 Å². The van der Waals surface area contributed by atoms with Gasteiger partial charge >= 0.3 is 5.69 Å². The summed E-state index contributed by atoms with van der Waals surface area (Å²) in [7, 11) is 1.42. The summed E-state index contributed by atoms with van der Waals surface area (Å²) in [5.41, 5.74) is 0.238. The minimum absolute atomic E-state index is 0.368. The first-order valence-electron chi connectivity index (χ1n) is 6.95. The molecule has 2 rings (SSSR count). The van der Waals surface area contributed by atoms with E-state index in [1.807, 2.05) is 43.3 Å². The summed E-state index contributed by atoms with van der Waals surface area (Å²) in [6, 6.07) is 11.2. The molecular weight excluding hydrogens is 280 g/mol. The topological polar surface area (TPSA) is 70.5 Å². The quantitative estimate of drug-likeness (QED) is 0.673. The van der Waals surface area contributed by atoms with Crippen molar-refractivity contribution in [1.29, 1.82) is 0 Å². The van der Waals surface area contributed by atoms with Crippen molar-refractivity contribution in [3.8, 4) is 0 Å². The lowest BCUT2D eigenvalue weighted by atomic mass is 10.2. The Bertz CT molecular complexity index is 757. The number of nitrogens with zero attached hydrogens (tertiary/aromatic N) is 3. The van der Waals surface area contributed by atoms with Gasteiger partial charge in [0, 0.05) is 25.9 Å². The minimum Gasteiger partial charge on any atom is -0.292 e. The Morgan fingerprint density at radius 1 is 1.27 bits per heavy atom. The predicted molar refractivity (Wildman–Crippen MR) is 89.3 cm³/mol. The summed E-state index contributed by atoms with van der Waals surface area (Å²) in [5, 5.41) is 5.80. The van der Waals surface area contributed by atoms with Crippen molar-refractivity contribution in [3.05, 3.63) is 68.9 Å². The van der Waals surface area contributed by atoms with Crippen molar-refractivity contribution >= 4 is 18.1 Å². The summed E-state index contributed by atoms with van der Waals surface area (Å²) in [6.07, 6.45) is 5.34. The monoisotopic (exact) mass is 298 g/mol. The average Bonchev–Trinajstić information content (AvgIpc) is 2.53. The third kappa shape index (κ3) is 3.82. The molecule has 0 unspecified atom stereocenters. The second kappa shape index (κ2) is 7.21. The fraction of sp³-hybridized carbons (Fsp3) is 0.188. The second-order valence-electron chi connectivity index (χ2n) is 4.61. The van der Waals surface area contributed by atoms with E-state index in [1.165, 1.54) is 13.1 Å². The highest BCUT2D eigenvalue weighted by atomic mass is 16.2. The van der Waals surface area contributed by atoms with Gasteiger partial charge in [0.05, 0.1) is 0 Å². The number of aromatic nitrogens is 2. The van der Waals surface area contributed by atoms with Gasteiger partial charge in [-0.05, 0) is 18.6 Å². The van der Waals surface area contributed by atoms with Crippen molar-refractivity contribution in [1.82, 2.24) is 9.55 Å². The number of anilines is 1. The van der Waals surface area contributed by atoms with E-state index in [4.69, 9.17) is 0 Å². The van der Waals surface area contributed by atoms with Crippen LogP contribution in [-0.2, 0) is 7.05 Å². The molecule has 1 heterocycles. The Hall–Kier alpha value is -2.89. The van der Waals surface area contributed by atoms with Gasteiger partial charge in [0.1, 0.15) is 5.82 Å². The third-order valence-corrected chi connectivity index (χ3v) is 3.09. The molecular formula is C16H18N4O2. The zero-order valence-electron chi connectivity index (χ0n) is 12.6. The van der Waals surface area contributed by atoms with Gasteiger partial charge in [-0.1, -0.05) is 36.4 Å². The first-order valence-corrected chi connectivity index (χ1v) is 6.95. The molecule has 0 saturated carbocycles. The van der Waals surface area contributed by atoms with Gasteiger partial charge < -0.3 is 0 Å². The molecule has 1 N–H and O–H groups in total. The van der Waals surface area contributed by atoms with Crippen LogP contribution < -0.4 is 16.3 Å². The zero-order valence-corrected chi connectivity index (χ0v) is 12.6. The highest BCUT2D eigenvalue weighted by molar-refractivity contribution is 5.78. The van der Waals surface area contributed by atoms with E-state index in [0.29, 0.717) is 12.4 Å². The second-order valence-corrected chi connectivity index (χ2v) is 4.61. The lowest BCUT2D eigenvalue weighted by Gasteiger charge is -2.15. The normalized spacial score (nSPS) is 11.4. The van der Waals surface area contributed by atoms with E-state index in [9.17, 15) is 9.59 Å². The summed E-state index contributed by atoms with van der Waals surface area (Å²) in [5.74, 6) is 0.375. The standard InChI is InChI=1S/C16H18N4O2/c1-3-20(14-12-15(21)19(2)16(22)18-14)17-11-7-10-13-8-5-4-6-9-13/h4-12H,3H2,1-2H3,(H,18,22)/b10-7+,17-11-. The number of rotatable bonds is 5. The van der Waals surface area contributed by atoms with Crippen LogP contribution in [0, 0.1) is 0 Å². The largest absolute Gasteiger partial charge is 0.329 e. The van der Waals surface area contributed by atoms with Crippen LogP contribution in [-0.4, -0.2) is 22.3 Å². The van der Waals surface area contributed by atoms with Crippen molar-refractivity contribution in [3.63, 3.8) is 0 Å². The predicted octanol–water partition coefficient (Wildman–Crippen LogP) is 1.60. The maximum absolute atomic E-state index is 11.6. The molecule has 0 amide bonds. The fourth-order valence-electron chi connectivity index (χ4n) is 1.83. The molecule has 0 fully saturated rings. The Kier molecular flexibility index (Phi) is 5.08. The van der Waals surface area contributed by atoms with E-state index >= 15 is 0 Å². The number of H-pyrrole nitrogens is 1. The number of nitrogens with one attached hydrogen (secondary N) is 1. The molecule has 0 saturated heterocycles. The van der Waals surface area contributed by atoms with Gasteiger partial charge in [0.2, 0.25) is 0 Å². The fourth-order valence-corrected chi connectivity index (χ4v) is 1.83. The molecule has 0 atom stereocenters. The van der Waals surface area contributed by atoms with Crippen molar-refractivity contribution in [2.45, 2.75) is 6.92 Å². The summed E-state index contributed by atoms with van der Waals surface area (Å²) >= 11 is 0. The molecule has 6 nitrogen and oxygen atoms in total. The average molecular weight is 298 g/mol. The highest BCUT2D eigenvalue weighted by Gasteiger charge is 2.06. The highest BCUT2D eigenvalue weighted by Crippen LogP contribution is 2.05. The first kappa shape index (κ1) is 15.5. The van der Waals surface area contributed by atoms with Gasteiger partial charge in [-0.2, -0.15) is 5.10 Å². The number of aromatic amines is 1. The van der Waals surface area contributed by atoms with Crippen LogP contribution in [0.5, 0.6) is 0 Å². The molecule has 6 heteroatoms. The smallest absolute Gasteiger partial charge is 0.292 e.